The van der Waals surface area contributed by atoms with Crippen LogP contribution in [0.15, 0.2) is 70.3 Å². The van der Waals surface area contributed by atoms with Crippen molar-refractivity contribution in [2.45, 2.75) is 43.2 Å². The summed E-state index contributed by atoms with van der Waals surface area (Å²) in [6.07, 6.45) is 7.02. The molecule has 0 amide bonds. The Hall–Kier alpha value is -2.15. The minimum Gasteiger partial charge on any atom is -0.445 e. The quantitative estimate of drug-likeness (QED) is 0.558. The van der Waals surface area contributed by atoms with Gasteiger partial charge in [-0.15, -0.1) is 0 Å². The fourth-order valence-electron chi connectivity index (χ4n) is 3.64. The van der Waals surface area contributed by atoms with E-state index in [4.69, 9.17) is 16.0 Å². The number of nitrogens with zero attached hydrogens (tertiary/aromatic N) is 2. The topological polar surface area (TPSA) is 63.4 Å². The largest absolute Gasteiger partial charge is 0.445 e. The van der Waals surface area contributed by atoms with Gasteiger partial charge in [0.25, 0.3) is 0 Å². The van der Waals surface area contributed by atoms with Crippen LogP contribution in [-0.2, 0) is 16.6 Å². The molecule has 1 fully saturated rings. The van der Waals surface area contributed by atoms with E-state index in [2.05, 4.69) is 4.98 Å². The Morgan fingerprint density at radius 2 is 1.71 bits per heavy atom. The number of benzene rings is 2. The maximum Gasteiger partial charge on any atom is 0.243 e. The second-order valence-electron chi connectivity index (χ2n) is 6.98. The summed E-state index contributed by atoms with van der Waals surface area (Å²) in [5.41, 5.74) is 1.79. The van der Waals surface area contributed by atoms with Crippen LogP contribution in [-0.4, -0.2) is 23.7 Å². The first-order chi connectivity index (χ1) is 13.5. The molecule has 1 saturated carbocycles. The Labute approximate surface area is 170 Å². The van der Waals surface area contributed by atoms with Gasteiger partial charge in [-0.3, -0.25) is 0 Å². The van der Waals surface area contributed by atoms with Gasteiger partial charge in [0.1, 0.15) is 6.26 Å². The molecular weight excluding hydrogens is 396 g/mol. The van der Waals surface area contributed by atoms with Crippen LogP contribution in [0, 0.1) is 0 Å². The van der Waals surface area contributed by atoms with E-state index in [0.717, 1.165) is 36.8 Å². The Balaban J connectivity index is 1.62. The number of oxazole rings is 1. The Bertz CT molecular complexity index is 1010. The lowest BCUT2D eigenvalue weighted by molar-refractivity contribution is 0.316. The summed E-state index contributed by atoms with van der Waals surface area (Å²) in [5, 5.41) is 0.522. The minimum atomic E-state index is -3.61. The predicted octanol–water partition coefficient (Wildman–Crippen LogP) is 5.13. The van der Waals surface area contributed by atoms with Crippen molar-refractivity contribution >= 4 is 21.6 Å². The van der Waals surface area contributed by atoms with Crippen LogP contribution >= 0.6 is 11.6 Å². The zero-order valence-corrected chi connectivity index (χ0v) is 16.9. The van der Waals surface area contributed by atoms with Crippen molar-refractivity contribution in [2.75, 3.05) is 0 Å². The fraction of sp³-hybridized carbons (Fsp3) is 0.286. The second-order valence-corrected chi connectivity index (χ2v) is 9.30. The molecule has 0 N–H and O–H groups in total. The molecule has 2 aromatic carbocycles. The molecule has 0 spiro atoms. The number of hydrogen-bond donors (Lipinski definition) is 0. The summed E-state index contributed by atoms with van der Waals surface area (Å²) in [6, 6.07) is 14.1. The molecule has 1 aliphatic rings. The molecule has 28 heavy (non-hydrogen) atoms. The Morgan fingerprint density at radius 1 is 1.04 bits per heavy atom. The maximum absolute atomic E-state index is 13.3. The molecule has 0 unspecified atom stereocenters. The van der Waals surface area contributed by atoms with Gasteiger partial charge in [-0.1, -0.05) is 36.6 Å². The van der Waals surface area contributed by atoms with Crippen LogP contribution < -0.4 is 0 Å². The van der Waals surface area contributed by atoms with Crippen molar-refractivity contribution in [3.05, 3.63) is 71.6 Å². The molecule has 0 radical (unpaired) electrons. The van der Waals surface area contributed by atoms with Crippen molar-refractivity contribution < 1.29 is 12.8 Å². The third kappa shape index (κ3) is 3.99. The molecule has 1 aliphatic carbocycles. The monoisotopic (exact) mass is 416 g/mol. The van der Waals surface area contributed by atoms with Gasteiger partial charge in [0.05, 0.1) is 11.1 Å². The van der Waals surface area contributed by atoms with Gasteiger partial charge in [0, 0.05) is 23.2 Å². The first kappa shape index (κ1) is 19.2. The molecule has 1 heterocycles. The summed E-state index contributed by atoms with van der Waals surface area (Å²) >= 11 is 5.93. The standard InChI is InChI=1S/C21H21ClN2O3S/c22-18-9-11-20(12-10-18)28(25,26)24(19-3-1-2-4-19)15-16-5-7-17(8-6-16)21-23-13-14-27-21/h5-14,19H,1-4,15H2. The Morgan fingerprint density at radius 3 is 2.32 bits per heavy atom. The predicted molar refractivity (Wildman–Crippen MR) is 108 cm³/mol. The van der Waals surface area contributed by atoms with E-state index in [-0.39, 0.29) is 10.9 Å². The van der Waals surface area contributed by atoms with Crippen LogP contribution in [0.2, 0.25) is 5.02 Å². The fourth-order valence-corrected chi connectivity index (χ4v) is 5.44. The van der Waals surface area contributed by atoms with E-state index < -0.39 is 10.0 Å². The average molecular weight is 417 g/mol. The second kappa shape index (κ2) is 8.07. The zero-order chi connectivity index (χ0) is 19.6. The van der Waals surface area contributed by atoms with Crippen molar-refractivity contribution in [3.63, 3.8) is 0 Å². The molecule has 0 saturated heterocycles. The third-order valence-corrected chi connectivity index (χ3v) is 7.29. The van der Waals surface area contributed by atoms with Gasteiger partial charge in [-0.25, -0.2) is 13.4 Å². The van der Waals surface area contributed by atoms with Gasteiger partial charge < -0.3 is 4.42 Å². The third-order valence-electron chi connectivity index (χ3n) is 5.12. The van der Waals surface area contributed by atoms with Gasteiger partial charge in [-0.2, -0.15) is 4.31 Å². The van der Waals surface area contributed by atoms with E-state index in [1.807, 2.05) is 24.3 Å². The van der Waals surface area contributed by atoms with Gasteiger partial charge in [0.2, 0.25) is 15.9 Å². The van der Waals surface area contributed by atoms with Crippen LogP contribution in [0.25, 0.3) is 11.5 Å². The smallest absolute Gasteiger partial charge is 0.243 e. The summed E-state index contributed by atoms with van der Waals surface area (Å²) < 4.78 is 33.7. The van der Waals surface area contributed by atoms with Crippen molar-refractivity contribution in [1.82, 2.24) is 9.29 Å². The van der Waals surface area contributed by atoms with Crippen molar-refractivity contribution in [2.24, 2.45) is 0 Å². The highest BCUT2D eigenvalue weighted by Crippen LogP contribution is 2.31. The summed E-state index contributed by atoms with van der Waals surface area (Å²) in [4.78, 5) is 4.42. The normalized spacial score (nSPS) is 15.4. The number of halogens is 1. The lowest BCUT2D eigenvalue weighted by Gasteiger charge is -2.28. The summed E-state index contributed by atoms with van der Waals surface area (Å²) in [7, 11) is -3.61. The summed E-state index contributed by atoms with van der Waals surface area (Å²) in [6.45, 7) is 0.335. The molecular formula is C21H21ClN2O3S. The first-order valence-electron chi connectivity index (χ1n) is 9.30. The molecule has 0 aliphatic heterocycles. The van der Waals surface area contributed by atoms with Crippen LogP contribution in [0.1, 0.15) is 31.2 Å². The van der Waals surface area contributed by atoms with Crippen LogP contribution in [0.4, 0.5) is 0 Å². The highest BCUT2D eigenvalue weighted by molar-refractivity contribution is 7.89. The highest BCUT2D eigenvalue weighted by atomic mass is 35.5. The van der Waals surface area contributed by atoms with Crippen LogP contribution in [0.5, 0.6) is 0 Å². The minimum absolute atomic E-state index is 0.0205. The molecule has 1 aromatic heterocycles. The number of aromatic nitrogens is 1. The molecule has 3 aromatic rings. The number of sulfonamides is 1. The van der Waals surface area contributed by atoms with Crippen molar-refractivity contribution in [3.8, 4) is 11.5 Å². The molecule has 146 valence electrons. The molecule has 7 heteroatoms. The number of hydrogen-bond acceptors (Lipinski definition) is 4. The SMILES string of the molecule is O=S(=O)(c1ccc(Cl)cc1)N(Cc1ccc(-c2ncco2)cc1)C1CCCC1. The van der Waals surface area contributed by atoms with E-state index in [1.165, 1.54) is 6.26 Å². The first-order valence-corrected chi connectivity index (χ1v) is 11.1. The zero-order valence-electron chi connectivity index (χ0n) is 15.3. The lowest BCUT2D eigenvalue weighted by Crippen LogP contribution is -2.38. The number of rotatable bonds is 6. The van der Waals surface area contributed by atoms with Gasteiger partial charge >= 0.3 is 0 Å². The van der Waals surface area contributed by atoms with Crippen molar-refractivity contribution in [1.29, 1.82) is 0 Å². The summed E-state index contributed by atoms with van der Waals surface area (Å²) in [5.74, 6) is 0.549. The lowest BCUT2D eigenvalue weighted by atomic mass is 10.1. The Kier molecular flexibility index (Phi) is 5.53. The van der Waals surface area contributed by atoms with Crippen LogP contribution in [0.3, 0.4) is 0 Å². The van der Waals surface area contributed by atoms with E-state index in [0.29, 0.717) is 17.5 Å². The van der Waals surface area contributed by atoms with E-state index in [1.54, 1.807) is 34.8 Å². The molecule has 0 atom stereocenters. The molecule has 4 rings (SSSR count). The van der Waals surface area contributed by atoms with E-state index in [9.17, 15) is 8.42 Å². The maximum atomic E-state index is 13.3. The highest BCUT2D eigenvalue weighted by Gasteiger charge is 2.33. The average Bonchev–Trinajstić information content (AvgIpc) is 3.41. The molecule has 5 nitrogen and oxygen atoms in total. The van der Waals surface area contributed by atoms with E-state index >= 15 is 0 Å². The molecule has 0 bridgehead atoms. The van der Waals surface area contributed by atoms with Gasteiger partial charge in [0.15, 0.2) is 0 Å². The van der Waals surface area contributed by atoms with Gasteiger partial charge in [-0.05, 0) is 54.8 Å².